The van der Waals surface area contributed by atoms with Crippen molar-refractivity contribution in [2.75, 3.05) is 0 Å². The van der Waals surface area contributed by atoms with E-state index < -0.39 is 17.5 Å². The average molecular weight is 278 g/mol. The molecule has 4 nitrogen and oxygen atoms in total. The molecule has 1 aliphatic rings. The smallest absolute Gasteiger partial charge is 0.268 e. The largest absolute Gasteiger partial charge is 0.452 e. The molecule has 0 saturated carbocycles. The molecule has 2 unspecified atom stereocenters. The fourth-order valence-corrected chi connectivity index (χ4v) is 2.13. The normalized spacial score (nSPS) is 25.6. The maximum Gasteiger partial charge on any atom is 0.268 e. The molecule has 0 fully saturated rings. The molecule has 2 rings (SSSR count). The van der Waals surface area contributed by atoms with Crippen molar-refractivity contribution >= 4 is 11.6 Å². The van der Waals surface area contributed by atoms with Gasteiger partial charge in [-0.2, -0.15) is 0 Å². The predicted molar refractivity (Wildman–Crippen MR) is 69.2 cm³/mol. The minimum Gasteiger partial charge on any atom is -0.452 e. The van der Waals surface area contributed by atoms with Crippen molar-refractivity contribution in [2.45, 2.75) is 32.0 Å². The summed E-state index contributed by atoms with van der Waals surface area (Å²) in [6.07, 6.45) is 1.54. The van der Waals surface area contributed by atoms with Gasteiger partial charge in [0.2, 0.25) is 5.78 Å². The molecular weight excluding hydrogens is 263 g/mol. The van der Waals surface area contributed by atoms with Crippen LogP contribution in [-0.2, 0) is 14.3 Å². The van der Waals surface area contributed by atoms with E-state index in [9.17, 15) is 19.1 Å². The van der Waals surface area contributed by atoms with Crippen molar-refractivity contribution in [1.82, 2.24) is 0 Å². The summed E-state index contributed by atoms with van der Waals surface area (Å²) in [5.74, 6) is -3.79. The van der Waals surface area contributed by atoms with Gasteiger partial charge < -0.3 is 9.84 Å². The van der Waals surface area contributed by atoms with E-state index in [0.29, 0.717) is 5.56 Å². The number of ether oxygens (including phenoxy) is 1. The summed E-state index contributed by atoms with van der Waals surface area (Å²) in [7, 11) is 0. The van der Waals surface area contributed by atoms with Gasteiger partial charge in [0, 0.05) is 26.2 Å². The first-order chi connectivity index (χ1) is 9.32. The van der Waals surface area contributed by atoms with Crippen molar-refractivity contribution in [1.29, 1.82) is 0 Å². The Labute approximate surface area is 115 Å². The van der Waals surface area contributed by atoms with Crippen LogP contribution >= 0.6 is 0 Å². The summed E-state index contributed by atoms with van der Waals surface area (Å²) in [6.45, 7) is 2.49. The highest BCUT2D eigenvalue weighted by atomic mass is 19.1. The number of rotatable bonds is 3. The molecule has 1 aromatic carbocycles. The molecule has 0 aromatic heterocycles. The van der Waals surface area contributed by atoms with Gasteiger partial charge in [0.05, 0.1) is 0 Å². The molecule has 0 amide bonds. The second kappa shape index (κ2) is 5.17. The van der Waals surface area contributed by atoms with Crippen LogP contribution in [0, 0.1) is 5.82 Å². The van der Waals surface area contributed by atoms with Crippen LogP contribution in [0.25, 0.3) is 0 Å². The molecule has 0 radical (unpaired) electrons. The minimum absolute atomic E-state index is 0.00918. The van der Waals surface area contributed by atoms with Crippen LogP contribution < -0.4 is 0 Å². The van der Waals surface area contributed by atoms with Gasteiger partial charge in [0.1, 0.15) is 5.82 Å². The van der Waals surface area contributed by atoms with Crippen LogP contribution in [0.3, 0.4) is 0 Å². The Morgan fingerprint density at radius 3 is 2.40 bits per heavy atom. The van der Waals surface area contributed by atoms with Gasteiger partial charge in [0.15, 0.2) is 11.5 Å². The van der Waals surface area contributed by atoms with E-state index in [-0.39, 0.29) is 23.8 Å². The van der Waals surface area contributed by atoms with Crippen molar-refractivity contribution in [2.24, 2.45) is 0 Å². The number of ketones is 2. The zero-order valence-electron chi connectivity index (χ0n) is 11.2. The summed E-state index contributed by atoms with van der Waals surface area (Å²) in [6, 6.07) is 5.69. The number of carbonyl (C=O) groups excluding carboxylic acids is 2. The lowest BCUT2D eigenvalue weighted by Crippen LogP contribution is -2.44. The predicted octanol–water partition coefficient (Wildman–Crippen LogP) is 2.08. The fraction of sp³-hybridized carbons (Fsp3) is 0.333. The summed E-state index contributed by atoms with van der Waals surface area (Å²) in [5.41, 5.74) is 0.702. The van der Waals surface area contributed by atoms with E-state index in [1.807, 2.05) is 0 Å². The Hall–Kier alpha value is -2.01. The van der Waals surface area contributed by atoms with Crippen molar-refractivity contribution in [3.63, 3.8) is 0 Å². The summed E-state index contributed by atoms with van der Waals surface area (Å²) in [4.78, 5) is 23.0. The lowest BCUT2D eigenvalue weighted by molar-refractivity contribution is -0.196. The molecule has 1 heterocycles. The van der Waals surface area contributed by atoms with Gasteiger partial charge in [-0.25, -0.2) is 4.39 Å². The lowest BCUT2D eigenvalue weighted by Gasteiger charge is -2.34. The van der Waals surface area contributed by atoms with E-state index in [0.717, 1.165) is 0 Å². The van der Waals surface area contributed by atoms with Gasteiger partial charge in [-0.15, -0.1) is 0 Å². The quantitative estimate of drug-likeness (QED) is 0.919. The molecule has 0 saturated heterocycles. The molecule has 1 aliphatic heterocycles. The van der Waals surface area contributed by atoms with E-state index >= 15 is 0 Å². The third-order valence-electron chi connectivity index (χ3n) is 3.32. The number of allylic oxidation sites excluding steroid dienone is 2. The van der Waals surface area contributed by atoms with E-state index in [4.69, 9.17) is 4.74 Å². The molecule has 2 atom stereocenters. The van der Waals surface area contributed by atoms with Gasteiger partial charge in [-0.3, -0.25) is 9.59 Å². The molecule has 0 spiro atoms. The van der Waals surface area contributed by atoms with Crippen molar-refractivity contribution < 1.29 is 23.8 Å². The number of aliphatic hydroxyl groups is 1. The summed E-state index contributed by atoms with van der Waals surface area (Å²) in [5, 5.41) is 10.2. The first kappa shape index (κ1) is 14.4. The molecule has 5 heteroatoms. The van der Waals surface area contributed by atoms with Crippen molar-refractivity contribution in [3.8, 4) is 0 Å². The summed E-state index contributed by atoms with van der Waals surface area (Å²) >= 11 is 0. The molecule has 1 N–H and O–H groups in total. The molecule has 0 bridgehead atoms. The number of benzene rings is 1. The Morgan fingerprint density at radius 1 is 1.30 bits per heavy atom. The van der Waals surface area contributed by atoms with Crippen LogP contribution in [0.4, 0.5) is 4.39 Å². The Morgan fingerprint density at radius 2 is 1.90 bits per heavy atom. The van der Waals surface area contributed by atoms with E-state index in [1.54, 1.807) is 18.2 Å². The number of Topliss-reactive ketones (excluding diaryl/α,β-unsaturated/α-hetero) is 2. The maximum absolute atomic E-state index is 12.9. The Balaban J connectivity index is 2.41. The standard InChI is InChI=1S/C15H15FO4/c1-9(17)14-7-12(8-15(19,20-14)10(2)18)11-3-5-13(16)6-4-11/h3-7,12,19H,8H2,1-2H3. The van der Waals surface area contributed by atoms with E-state index in [2.05, 4.69) is 0 Å². The monoisotopic (exact) mass is 278 g/mol. The summed E-state index contributed by atoms with van der Waals surface area (Å²) < 4.78 is 18.1. The highest BCUT2D eigenvalue weighted by Gasteiger charge is 2.42. The number of carbonyl (C=O) groups is 2. The highest BCUT2D eigenvalue weighted by Crippen LogP contribution is 2.36. The number of hydrogen-bond acceptors (Lipinski definition) is 4. The number of hydrogen-bond donors (Lipinski definition) is 1. The Kier molecular flexibility index (Phi) is 3.72. The van der Waals surface area contributed by atoms with Crippen LogP contribution in [0.5, 0.6) is 0 Å². The highest BCUT2D eigenvalue weighted by molar-refractivity contribution is 5.93. The minimum atomic E-state index is -2.02. The van der Waals surface area contributed by atoms with E-state index in [1.165, 1.54) is 26.0 Å². The molecular formula is C15H15FO4. The van der Waals surface area contributed by atoms with Gasteiger partial charge >= 0.3 is 0 Å². The van der Waals surface area contributed by atoms with Crippen LogP contribution in [0.1, 0.15) is 31.7 Å². The Bertz CT molecular complexity index is 576. The fourth-order valence-electron chi connectivity index (χ4n) is 2.13. The third kappa shape index (κ3) is 2.77. The lowest BCUT2D eigenvalue weighted by atomic mass is 9.87. The SMILES string of the molecule is CC(=O)C1=CC(c2ccc(F)cc2)CC(O)(C(C)=O)O1. The van der Waals surface area contributed by atoms with Gasteiger partial charge in [-0.05, 0) is 23.8 Å². The number of halogens is 1. The van der Waals surface area contributed by atoms with Crippen LogP contribution in [0.2, 0.25) is 0 Å². The second-order valence-corrected chi connectivity index (χ2v) is 4.89. The van der Waals surface area contributed by atoms with Crippen molar-refractivity contribution in [3.05, 3.63) is 47.5 Å². The average Bonchev–Trinajstić information content (AvgIpc) is 2.38. The first-order valence-electron chi connectivity index (χ1n) is 6.22. The molecule has 1 aromatic rings. The van der Waals surface area contributed by atoms with Gasteiger partial charge in [-0.1, -0.05) is 12.1 Å². The van der Waals surface area contributed by atoms with Crippen LogP contribution in [0.15, 0.2) is 36.1 Å². The molecule has 106 valence electrons. The molecule has 0 aliphatic carbocycles. The molecule has 20 heavy (non-hydrogen) atoms. The van der Waals surface area contributed by atoms with Crippen LogP contribution in [-0.4, -0.2) is 22.5 Å². The zero-order chi connectivity index (χ0) is 14.9. The second-order valence-electron chi connectivity index (χ2n) is 4.89. The van der Waals surface area contributed by atoms with Gasteiger partial charge in [0.25, 0.3) is 5.79 Å². The zero-order valence-corrected chi connectivity index (χ0v) is 11.2. The first-order valence-corrected chi connectivity index (χ1v) is 6.22. The third-order valence-corrected chi connectivity index (χ3v) is 3.32. The maximum atomic E-state index is 12.9. The topological polar surface area (TPSA) is 63.6 Å².